The summed E-state index contributed by atoms with van der Waals surface area (Å²) in [5, 5.41) is 7.46. The van der Waals surface area contributed by atoms with Crippen LogP contribution in [0.4, 0.5) is 0 Å². The number of hydrogen-bond acceptors (Lipinski definition) is 6. The van der Waals surface area contributed by atoms with Gasteiger partial charge in [-0.2, -0.15) is 5.10 Å². The Kier molecular flexibility index (Phi) is 7.29. The zero-order valence-corrected chi connectivity index (χ0v) is 19.1. The van der Waals surface area contributed by atoms with E-state index in [9.17, 15) is 9.59 Å². The molecule has 1 amide bonds. The molecular weight excluding hydrogens is 410 g/mol. The summed E-state index contributed by atoms with van der Waals surface area (Å²) < 4.78 is 12.2. The average molecular weight is 440 g/mol. The summed E-state index contributed by atoms with van der Waals surface area (Å²) in [5.41, 5.74) is 4.08. The molecule has 0 saturated heterocycles. The van der Waals surface area contributed by atoms with Crippen molar-refractivity contribution in [1.29, 1.82) is 0 Å². The number of amides is 1. The quantitative estimate of drug-likeness (QED) is 0.529. The topological polar surface area (TPSA) is 111 Å². The van der Waals surface area contributed by atoms with Gasteiger partial charge in [-0.25, -0.2) is 9.67 Å². The number of nitrogens with one attached hydrogen (secondary N) is 2. The molecule has 0 fully saturated rings. The van der Waals surface area contributed by atoms with Crippen molar-refractivity contribution < 1.29 is 14.3 Å². The van der Waals surface area contributed by atoms with Crippen molar-refractivity contribution in [3.05, 3.63) is 62.8 Å². The first-order valence-electron chi connectivity index (χ1n) is 10.4. The van der Waals surface area contributed by atoms with Gasteiger partial charge >= 0.3 is 0 Å². The van der Waals surface area contributed by atoms with Crippen LogP contribution in [0.3, 0.4) is 0 Å². The van der Waals surface area contributed by atoms with Gasteiger partial charge < -0.3 is 14.8 Å². The molecule has 0 atom stereocenters. The highest BCUT2D eigenvalue weighted by molar-refractivity contribution is 5.76. The number of aryl methyl sites for hydroxylation is 2. The fourth-order valence-electron chi connectivity index (χ4n) is 3.62. The molecule has 0 radical (unpaired) electrons. The Hall–Kier alpha value is -3.62. The van der Waals surface area contributed by atoms with Crippen LogP contribution < -0.4 is 20.3 Å². The van der Waals surface area contributed by atoms with Crippen LogP contribution in [0.1, 0.15) is 34.6 Å². The summed E-state index contributed by atoms with van der Waals surface area (Å²) in [5.74, 6) is 1.69. The molecule has 3 rings (SSSR count). The van der Waals surface area contributed by atoms with E-state index < -0.39 is 0 Å². The molecule has 0 aliphatic carbocycles. The molecule has 0 aliphatic rings. The summed E-state index contributed by atoms with van der Waals surface area (Å²) in [6, 6.07) is 7.16. The molecule has 1 aromatic carbocycles. The summed E-state index contributed by atoms with van der Waals surface area (Å²) in [6.45, 7) is 6.09. The van der Waals surface area contributed by atoms with Crippen LogP contribution in [0.5, 0.6) is 11.5 Å². The zero-order valence-electron chi connectivity index (χ0n) is 19.1. The molecule has 2 N–H and O–H groups in total. The summed E-state index contributed by atoms with van der Waals surface area (Å²) in [6.07, 6.45) is 1.58. The van der Waals surface area contributed by atoms with Gasteiger partial charge in [0, 0.05) is 30.4 Å². The lowest BCUT2D eigenvalue weighted by molar-refractivity contribution is -0.121. The lowest BCUT2D eigenvalue weighted by Gasteiger charge is -2.10. The lowest BCUT2D eigenvalue weighted by atomic mass is 10.1. The molecule has 0 spiro atoms. The first kappa shape index (κ1) is 23.1. The van der Waals surface area contributed by atoms with Gasteiger partial charge in [-0.3, -0.25) is 14.6 Å². The number of methoxy groups -OCH3 is 2. The average Bonchev–Trinajstić information content (AvgIpc) is 3.04. The van der Waals surface area contributed by atoms with Crippen molar-refractivity contribution in [2.24, 2.45) is 0 Å². The number of benzene rings is 1. The zero-order chi connectivity index (χ0) is 23.3. The van der Waals surface area contributed by atoms with E-state index >= 15 is 0 Å². The molecule has 0 aliphatic heterocycles. The number of nitrogens with zero attached hydrogens (tertiary/aromatic N) is 3. The fourth-order valence-corrected chi connectivity index (χ4v) is 3.62. The Labute approximate surface area is 186 Å². The van der Waals surface area contributed by atoms with E-state index in [2.05, 4.69) is 20.4 Å². The number of ether oxygens (including phenoxy) is 2. The predicted octanol–water partition coefficient (Wildman–Crippen LogP) is 2.19. The van der Waals surface area contributed by atoms with E-state index in [-0.39, 0.29) is 11.5 Å². The van der Waals surface area contributed by atoms with Gasteiger partial charge in [0.05, 0.1) is 19.9 Å². The Morgan fingerprint density at radius 1 is 1.09 bits per heavy atom. The number of H-pyrrole nitrogens is 1. The fraction of sp³-hybridized carbons (Fsp3) is 0.391. The van der Waals surface area contributed by atoms with Crippen molar-refractivity contribution >= 4 is 5.91 Å². The summed E-state index contributed by atoms with van der Waals surface area (Å²) in [7, 11) is 3.20. The standard InChI is InChI=1S/C23H29N5O4/c1-14-12-22(30)26-23(25-14)28-16(3)18(15(2)27-28)7-9-21(29)24-11-10-17-6-8-19(31-4)20(13-17)32-5/h6,8,12-13H,7,9-11H2,1-5H3,(H,24,29)(H,25,26,30). The molecule has 3 aromatic rings. The maximum atomic E-state index is 12.4. The highest BCUT2D eigenvalue weighted by Gasteiger charge is 2.16. The van der Waals surface area contributed by atoms with Gasteiger partial charge in [0.15, 0.2) is 11.5 Å². The van der Waals surface area contributed by atoms with Gasteiger partial charge in [0.1, 0.15) is 0 Å². The van der Waals surface area contributed by atoms with Crippen molar-refractivity contribution in [3.8, 4) is 17.4 Å². The monoisotopic (exact) mass is 439 g/mol. The largest absolute Gasteiger partial charge is 0.493 e. The second-order valence-corrected chi connectivity index (χ2v) is 7.56. The van der Waals surface area contributed by atoms with E-state index in [1.165, 1.54) is 6.07 Å². The molecule has 2 heterocycles. The number of carbonyl (C=O) groups excluding carboxylic acids is 1. The maximum absolute atomic E-state index is 12.4. The molecular formula is C23H29N5O4. The third-order valence-corrected chi connectivity index (χ3v) is 5.28. The molecule has 9 nitrogen and oxygen atoms in total. The second kappa shape index (κ2) is 10.1. The Bertz CT molecular complexity index is 1170. The molecule has 170 valence electrons. The number of aromatic nitrogens is 4. The van der Waals surface area contributed by atoms with E-state index in [0.29, 0.717) is 48.9 Å². The number of hydrogen-bond donors (Lipinski definition) is 2. The lowest BCUT2D eigenvalue weighted by Crippen LogP contribution is -2.26. The van der Waals surface area contributed by atoms with Gasteiger partial charge in [0.2, 0.25) is 11.9 Å². The predicted molar refractivity (Wildman–Crippen MR) is 121 cm³/mol. The van der Waals surface area contributed by atoms with Crippen molar-refractivity contribution in [3.63, 3.8) is 0 Å². The van der Waals surface area contributed by atoms with E-state index in [4.69, 9.17) is 9.47 Å². The number of rotatable bonds is 9. The Morgan fingerprint density at radius 3 is 2.53 bits per heavy atom. The van der Waals surface area contributed by atoms with Crippen molar-refractivity contribution in [2.45, 2.75) is 40.0 Å². The van der Waals surface area contributed by atoms with Gasteiger partial charge in [0.25, 0.3) is 5.56 Å². The van der Waals surface area contributed by atoms with Crippen LogP contribution in [0, 0.1) is 20.8 Å². The molecule has 32 heavy (non-hydrogen) atoms. The van der Waals surface area contributed by atoms with Crippen LogP contribution in [0.15, 0.2) is 29.1 Å². The third kappa shape index (κ3) is 5.35. The minimum Gasteiger partial charge on any atom is -0.493 e. The van der Waals surface area contributed by atoms with Crippen LogP contribution >= 0.6 is 0 Å². The molecule has 2 aromatic heterocycles. The molecule has 0 bridgehead atoms. The van der Waals surface area contributed by atoms with Crippen LogP contribution in [0.2, 0.25) is 0 Å². The second-order valence-electron chi connectivity index (χ2n) is 7.56. The number of carbonyl (C=O) groups is 1. The highest BCUT2D eigenvalue weighted by Crippen LogP contribution is 2.27. The molecule has 0 saturated carbocycles. The van der Waals surface area contributed by atoms with E-state index in [0.717, 1.165) is 22.5 Å². The van der Waals surface area contributed by atoms with Crippen molar-refractivity contribution in [1.82, 2.24) is 25.1 Å². The first-order chi connectivity index (χ1) is 15.3. The van der Waals surface area contributed by atoms with Crippen LogP contribution in [-0.2, 0) is 17.6 Å². The minimum absolute atomic E-state index is 0.0286. The minimum atomic E-state index is -0.226. The van der Waals surface area contributed by atoms with Gasteiger partial charge in [-0.15, -0.1) is 0 Å². The summed E-state index contributed by atoms with van der Waals surface area (Å²) >= 11 is 0. The smallest absolute Gasteiger partial charge is 0.252 e. The molecule has 9 heteroatoms. The van der Waals surface area contributed by atoms with E-state index in [1.807, 2.05) is 32.0 Å². The third-order valence-electron chi connectivity index (χ3n) is 5.28. The van der Waals surface area contributed by atoms with Crippen molar-refractivity contribution in [2.75, 3.05) is 20.8 Å². The van der Waals surface area contributed by atoms with Gasteiger partial charge in [-0.1, -0.05) is 6.07 Å². The van der Waals surface area contributed by atoms with Crippen LogP contribution in [0.25, 0.3) is 5.95 Å². The van der Waals surface area contributed by atoms with E-state index in [1.54, 1.807) is 25.8 Å². The normalized spacial score (nSPS) is 10.8. The maximum Gasteiger partial charge on any atom is 0.252 e. The van der Waals surface area contributed by atoms with Gasteiger partial charge in [-0.05, 0) is 56.9 Å². The molecule has 0 unspecified atom stereocenters. The first-order valence-corrected chi connectivity index (χ1v) is 10.4. The summed E-state index contributed by atoms with van der Waals surface area (Å²) in [4.78, 5) is 31.2. The number of aromatic amines is 1. The Balaban J connectivity index is 1.57. The SMILES string of the molecule is COc1ccc(CCNC(=O)CCc2c(C)nn(-c3nc(C)cc(=O)[nH]3)c2C)cc1OC. The highest BCUT2D eigenvalue weighted by atomic mass is 16.5. The van der Waals surface area contributed by atoms with Crippen LogP contribution in [-0.4, -0.2) is 46.4 Å². The Morgan fingerprint density at radius 2 is 1.84 bits per heavy atom.